The van der Waals surface area contributed by atoms with Gasteiger partial charge in [-0.15, -0.1) is 0 Å². The molecule has 0 amide bonds. The van der Waals surface area contributed by atoms with Gasteiger partial charge in [0.2, 0.25) is 12.0 Å². The molecule has 1 aliphatic rings. The van der Waals surface area contributed by atoms with E-state index in [1.807, 2.05) is 91.0 Å². The summed E-state index contributed by atoms with van der Waals surface area (Å²) in [4.78, 5) is 0. The van der Waals surface area contributed by atoms with E-state index in [4.69, 9.17) is 28.4 Å². The van der Waals surface area contributed by atoms with Crippen LogP contribution in [0.3, 0.4) is 0 Å². The van der Waals surface area contributed by atoms with Crippen molar-refractivity contribution in [3.63, 3.8) is 0 Å². The minimum absolute atomic E-state index is 0.0953. The first-order valence-electron chi connectivity index (χ1n) is 11.8. The van der Waals surface area contributed by atoms with Gasteiger partial charge in [-0.3, -0.25) is 0 Å². The highest BCUT2D eigenvalue weighted by atomic mass is 16.7. The molecule has 1 heterocycles. The number of hydrogen-bond donors (Lipinski definition) is 1. The van der Waals surface area contributed by atoms with Crippen LogP contribution in [-0.2, 0) is 48.2 Å². The predicted molar refractivity (Wildman–Crippen MR) is 134 cm³/mol. The summed E-state index contributed by atoms with van der Waals surface area (Å²) < 4.78 is 35.8. The van der Waals surface area contributed by atoms with Crippen LogP contribution in [0.15, 0.2) is 103 Å². The number of hydrogen-bond acceptors (Lipinski definition) is 7. The van der Waals surface area contributed by atoms with Gasteiger partial charge in [0.15, 0.2) is 6.10 Å². The van der Waals surface area contributed by atoms with Crippen LogP contribution in [0.1, 0.15) is 16.7 Å². The van der Waals surface area contributed by atoms with E-state index in [2.05, 4.69) is 0 Å². The van der Waals surface area contributed by atoms with E-state index >= 15 is 0 Å². The smallest absolute Gasteiger partial charge is 0.319 e. The molecular weight excluding hydrogens is 460 g/mol. The fourth-order valence-corrected chi connectivity index (χ4v) is 4.01. The summed E-state index contributed by atoms with van der Waals surface area (Å²) in [5.41, 5.74) is 2.95. The summed E-state index contributed by atoms with van der Waals surface area (Å²) in [5.74, 6) is -0.303. The van der Waals surface area contributed by atoms with Crippen molar-refractivity contribution in [1.82, 2.24) is 0 Å². The zero-order chi connectivity index (χ0) is 25.2. The Morgan fingerprint density at radius 2 is 1.11 bits per heavy atom. The lowest BCUT2D eigenvalue weighted by molar-refractivity contribution is -0.274. The van der Waals surface area contributed by atoms with Gasteiger partial charge >= 0.3 is 5.95 Å². The Balaban J connectivity index is 1.64. The van der Waals surface area contributed by atoms with Gasteiger partial charge in [-0.05, 0) is 16.7 Å². The molecule has 1 saturated heterocycles. The van der Waals surface area contributed by atoms with Crippen LogP contribution >= 0.6 is 0 Å². The van der Waals surface area contributed by atoms with Crippen LogP contribution in [-0.4, -0.2) is 43.9 Å². The van der Waals surface area contributed by atoms with Gasteiger partial charge in [0.1, 0.15) is 12.2 Å². The fraction of sp³-hybridized carbons (Fsp3) is 0.310. The second-order valence-electron chi connectivity index (χ2n) is 8.34. The summed E-state index contributed by atoms with van der Waals surface area (Å²) in [6, 6.07) is 29.4. The number of methoxy groups -OCH3 is 2. The molecule has 1 N–H and O–H groups in total. The maximum atomic E-state index is 10.6. The first-order chi connectivity index (χ1) is 17.7. The van der Waals surface area contributed by atoms with Crippen LogP contribution < -0.4 is 0 Å². The third kappa shape index (κ3) is 6.65. The molecule has 0 aliphatic carbocycles. The van der Waals surface area contributed by atoms with E-state index in [0.717, 1.165) is 16.7 Å². The summed E-state index contributed by atoms with van der Waals surface area (Å²) in [7, 11) is 2.88. The highest BCUT2D eigenvalue weighted by molar-refractivity contribution is 5.17. The van der Waals surface area contributed by atoms with Crippen molar-refractivity contribution in [2.24, 2.45) is 0 Å². The van der Waals surface area contributed by atoms with E-state index in [1.54, 1.807) is 0 Å². The number of ether oxygens (including phenoxy) is 6. The van der Waals surface area contributed by atoms with E-state index < -0.39 is 30.5 Å². The minimum atomic E-state index is -0.863. The number of rotatable bonds is 11. The standard InChI is InChI=1S/C29H32O7/c1-31-28(30)26-24(33-18-21-12-6-3-7-13-21)25(34-19-22-14-8-4-9-15-22)27(29(32-2)36-26)35-20-23-16-10-5-11-17-23/h3-17,24-25,27,29-30H,18-20H2,1-2H3/b28-26-/t24-,25-,27+,29-/m0/s1. The molecule has 7 heteroatoms. The molecule has 7 nitrogen and oxygen atoms in total. The summed E-state index contributed by atoms with van der Waals surface area (Å²) >= 11 is 0. The Bertz CT molecular complexity index is 1070. The van der Waals surface area contributed by atoms with Crippen molar-refractivity contribution in [3.8, 4) is 0 Å². The van der Waals surface area contributed by atoms with Crippen LogP contribution in [0, 0.1) is 0 Å². The maximum absolute atomic E-state index is 10.6. The van der Waals surface area contributed by atoms with Crippen LogP contribution in [0.2, 0.25) is 0 Å². The van der Waals surface area contributed by atoms with E-state index in [1.165, 1.54) is 14.2 Å². The molecule has 3 aromatic carbocycles. The molecule has 0 saturated carbocycles. The molecule has 4 atom stereocenters. The van der Waals surface area contributed by atoms with Crippen molar-refractivity contribution >= 4 is 0 Å². The van der Waals surface area contributed by atoms with Crippen molar-refractivity contribution in [3.05, 3.63) is 119 Å². The number of benzene rings is 3. The molecule has 0 bridgehead atoms. The zero-order valence-corrected chi connectivity index (χ0v) is 20.5. The monoisotopic (exact) mass is 492 g/mol. The minimum Gasteiger partial charge on any atom is -0.478 e. The molecule has 0 radical (unpaired) electrons. The topological polar surface area (TPSA) is 75.6 Å². The van der Waals surface area contributed by atoms with Crippen LogP contribution in [0.25, 0.3) is 0 Å². The predicted octanol–water partition coefficient (Wildman–Crippen LogP) is 5.12. The molecule has 3 aromatic rings. The van der Waals surface area contributed by atoms with Crippen molar-refractivity contribution < 1.29 is 33.5 Å². The second-order valence-corrected chi connectivity index (χ2v) is 8.34. The van der Waals surface area contributed by atoms with Crippen molar-refractivity contribution in [1.29, 1.82) is 0 Å². The maximum Gasteiger partial charge on any atom is 0.319 e. The SMILES string of the molecule is CO/C(O)=C1\O[C@H](OC)[C@H](OCc2ccccc2)[C@@H](OCc2ccccc2)[C@@H]1OCc1ccccc1. The number of aliphatic hydroxyl groups is 1. The first kappa shape index (κ1) is 25.7. The summed E-state index contributed by atoms with van der Waals surface area (Å²) in [6.07, 6.45) is -3.02. The Labute approximate surface area is 211 Å². The van der Waals surface area contributed by atoms with Crippen LogP contribution in [0.5, 0.6) is 0 Å². The molecule has 1 aliphatic heterocycles. The molecule has 0 unspecified atom stereocenters. The molecule has 4 rings (SSSR count). The Morgan fingerprint density at radius 3 is 1.56 bits per heavy atom. The van der Waals surface area contributed by atoms with Gasteiger partial charge in [0.25, 0.3) is 0 Å². The molecule has 190 valence electrons. The lowest BCUT2D eigenvalue weighted by Gasteiger charge is -2.42. The molecule has 36 heavy (non-hydrogen) atoms. The van der Waals surface area contributed by atoms with E-state index in [9.17, 15) is 5.11 Å². The van der Waals surface area contributed by atoms with E-state index in [-0.39, 0.29) is 12.4 Å². The van der Waals surface area contributed by atoms with E-state index in [0.29, 0.717) is 13.2 Å². The summed E-state index contributed by atoms with van der Waals surface area (Å²) in [5, 5.41) is 10.6. The average molecular weight is 493 g/mol. The van der Waals surface area contributed by atoms with Gasteiger partial charge in [0.05, 0.1) is 26.9 Å². The molecule has 1 fully saturated rings. The fourth-order valence-electron chi connectivity index (χ4n) is 4.01. The van der Waals surface area contributed by atoms with Gasteiger partial charge in [-0.2, -0.15) is 0 Å². The third-order valence-corrected chi connectivity index (χ3v) is 5.87. The Kier molecular flexibility index (Phi) is 9.35. The lowest BCUT2D eigenvalue weighted by Crippen LogP contribution is -2.56. The normalized spacial score (nSPS) is 23.1. The Hall–Kier alpha value is -3.36. The van der Waals surface area contributed by atoms with Gasteiger partial charge < -0.3 is 33.5 Å². The van der Waals surface area contributed by atoms with Crippen molar-refractivity contribution in [2.75, 3.05) is 14.2 Å². The third-order valence-electron chi connectivity index (χ3n) is 5.87. The first-order valence-corrected chi connectivity index (χ1v) is 11.8. The molecule has 0 spiro atoms. The Morgan fingerprint density at radius 1 is 0.667 bits per heavy atom. The largest absolute Gasteiger partial charge is 0.478 e. The van der Waals surface area contributed by atoms with Gasteiger partial charge in [-0.25, -0.2) is 0 Å². The highest BCUT2D eigenvalue weighted by Gasteiger charge is 2.48. The highest BCUT2D eigenvalue weighted by Crippen LogP contribution is 2.34. The number of aliphatic hydroxyl groups excluding tert-OH is 1. The van der Waals surface area contributed by atoms with Crippen LogP contribution in [0.4, 0.5) is 0 Å². The summed E-state index contributed by atoms with van der Waals surface area (Å²) in [6.45, 7) is 0.892. The van der Waals surface area contributed by atoms with Crippen molar-refractivity contribution in [2.45, 2.75) is 44.4 Å². The quantitative estimate of drug-likeness (QED) is 0.373. The molecule has 0 aromatic heterocycles. The van der Waals surface area contributed by atoms with Gasteiger partial charge in [-0.1, -0.05) is 91.0 Å². The molecular formula is C29H32O7. The van der Waals surface area contributed by atoms with Gasteiger partial charge in [0, 0.05) is 7.11 Å². The zero-order valence-electron chi connectivity index (χ0n) is 20.5. The lowest BCUT2D eigenvalue weighted by atomic mass is 10.0. The average Bonchev–Trinajstić information content (AvgIpc) is 2.94. The second kappa shape index (κ2) is 13.1.